The third kappa shape index (κ3) is 46.3. The second-order valence-electron chi connectivity index (χ2n) is 30.7. The number of nitrogens with two attached hydrogens (primary N) is 6. The van der Waals surface area contributed by atoms with E-state index in [1.807, 2.05) is 0 Å². The molecule has 0 aromatic heterocycles. The van der Waals surface area contributed by atoms with Gasteiger partial charge in [-0.1, -0.05) is 123 Å². The minimum atomic E-state index is -1.69. The molecule has 22 N–H and O–H groups in total. The molecule has 646 valence electrons. The van der Waals surface area contributed by atoms with Crippen LogP contribution >= 0.6 is 11.8 Å². The van der Waals surface area contributed by atoms with E-state index in [1.54, 1.807) is 39.2 Å². The van der Waals surface area contributed by atoms with Gasteiger partial charge in [0.05, 0.1) is 61.7 Å². The van der Waals surface area contributed by atoms with Gasteiger partial charge in [-0.3, -0.25) is 76.9 Å². The van der Waals surface area contributed by atoms with Crippen molar-refractivity contribution in [2.45, 2.75) is 289 Å². The summed E-state index contributed by atoms with van der Waals surface area (Å²) < 4.78 is 0. The average molecular weight is 1630 g/mol. The Balaban J connectivity index is 3.54. The maximum Gasteiger partial charge on any atom is 0.305 e. The van der Waals surface area contributed by atoms with Crippen molar-refractivity contribution in [1.82, 2.24) is 31.9 Å². The Labute approximate surface area is 677 Å². The van der Waals surface area contributed by atoms with Crippen LogP contribution in [0.2, 0.25) is 0 Å². The Kier molecular flexibility index (Phi) is 54.9. The minimum absolute atomic E-state index is 0.0117. The topological polar surface area (TPSA) is 578 Å². The van der Waals surface area contributed by atoms with Gasteiger partial charge in [-0.25, -0.2) is 0 Å². The summed E-state index contributed by atoms with van der Waals surface area (Å²) in [7, 11) is 0. The number of carbonyl (C=O) groups excluding carboxylic acids is 14. The van der Waals surface area contributed by atoms with Gasteiger partial charge in [-0.05, 0) is 133 Å². The van der Waals surface area contributed by atoms with Crippen molar-refractivity contribution in [2.75, 3.05) is 44.8 Å². The van der Waals surface area contributed by atoms with Crippen LogP contribution in [-0.2, 0) is 78.3 Å². The van der Waals surface area contributed by atoms with E-state index in [0.29, 0.717) is 37.7 Å². The number of aliphatic hydroxyl groups excluding tert-OH is 2. The molecule has 1 aromatic carbocycles. The summed E-state index contributed by atoms with van der Waals surface area (Å²) in [4.78, 5) is 209. The molecule has 33 heteroatoms. The van der Waals surface area contributed by atoms with Crippen molar-refractivity contribution in [1.29, 1.82) is 0 Å². The van der Waals surface area contributed by atoms with Crippen LogP contribution in [0.5, 0.6) is 5.75 Å². The summed E-state index contributed by atoms with van der Waals surface area (Å²) in [5.74, 6) is -19.4. The molecular formula is C81H137N13O19S. The number of aliphatic carboxylic acids is 1. The standard InChI is InChI=1S/C81H137N13O19S/c1-7-8-9-10-11-12-13-14-15-16-17-18-19-26-60(98)41-52(4)75(108)89-49-61(99)43-57(42-54-29-31-59(97)32-30-54)78(111)92-65(33-34-72(84)104)68(100)44-55(25-20-22-36-82)76(109)90-63(27-21-23-37-83)69(101)45-56(40-51(2)3)77(110)91-64(28-24-38-88-81(86)87)70(102)46-58(50-95)79(112)93-66(35-39-114-6)71(103)47-62(53(5)96)80(113)94-67(74(85)107)48-73(105)106/h29-32,51-53,55-58,62-67,95-97H,7-28,33-50,82-83H2,1-6H3,(H2,84,104)(H2,85,107)(H,89,108)(H,90,109)(H,91,110)(H,92,111)(H,93,112)(H,94,113)(H,105,106)(H4,86,87,88)/t52-,53-,55-,56-,57-,58+,62+,63+,64+,65+,66+,67+/m1/s1. The first kappa shape index (κ1) is 104. The molecule has 0 bridgehead atoms. The number of aliphatic hydroxyl groups is 2. The number of ketones is 6. The number of rotatable bonds is 70. The highest BCUT2D eigenvalue weighted by molar-refractivity contribution is 7.98. The van der Waals surface area contributed by atoms with Crippen LogP contribution in [0.1, 0.15) is 252 Å². The maximum atomic E-state index is 14.8. The van der Waals surface area contributed by atoms with E-state index in [1.165, 1.54) is 88.6 Å². The van der Waals surface area contributed by atoms with E-state index in [4.69, 9.17) is 34.4 Å². The monoisotopic (exact) mass is 1630 g/mol. The van der Waals surface area contributed by atoms with E-state index < -0.39 is 212 Å². The zero-order valence-electron chi connectivity index (χ0n) is 68.3. The minimum Gasteiger partial charge on any atom is -0.508 e. The normalized spacial score (nSPS) is 14.5. The van der Waals surface area contributed by atoms with Crippen molar-refractivity contribution in [3.05, 3.63) is 29.8 Å². The quantitative estimate of drug-likeness (QED) is 0.0247. The van der Waals surface area contributed by atoms with Gasteiger partial charge in [0.2, 0.25) is 47.3 Å². The molecule has 0 fully saturated rings. The summed E-state index contributed by atoms with van der Waals surface area (Å²) in [5, 5.41) is 56.1. The first-order valence-electron chi connectivity index (χ1n) is 40.9. The highest BCUT2D eigenvalue weighted by Crippen LogP contribution is 2.25. The van der Waals surface area contributed by atoms with Gasteiger partial charge in [-0.2, -0.15) is 11.8 Å². The lowest BCUT2D eigenvalue weighted by Gasteiger charge is -2.27. The zero-order valence-corrected chi connectivity index (χ0v) is 69.1. The number of benzene rings is 1. The molecule has 0 radical (unpaired) electrons. The highest BCUT2D eigenvalue weighted by Gasteiger charge is 2.38. The molecule has 0 aliphatic rings. The van der Waals surface area contributed by atoms with Gasteiger partial charge >= 0.3 is 5.97 Å². The maximum absolute atomic E-state index is 14.8. The number of primary amides is 2. The molecule has 114 heavy (non-hydrogen) atoms. The summed E-state index contributed by atoms with van der Waals surface area (Å²) in [6, 6.07) is -1.27. The molecule has 0 saturated heterocycles. The molecule has 8 amide bonds. The van der Waals surface area contributed by atoms with E-state index in [2.05, 4.69) is 43.8 Å². The molecule has 1 rings (SSSR count). The molecule has 0 heterocycles. The fourth-order valence-electron chi connectivity index (χ4n) is 13.3. The van der Waals surface area contributed by atoms with Crippen molar-refractivity contribution >= 4 is 106 Å². The molecular weight excluding hydrogens is 1490 g/mol. The number of hydrogen-bond acceptors (Lipinski definition) is 22. The fourth-order valence-corrected chi connectivity index (χ4v) is 13.8. The number of nitrogens with zero attached hydrogens (tertiary/aromatic N) is 1. The largest absolute Gasteiger partial charge is 0.508 e. The van der Waals surface area contributed by atoms with Crippen molar-refractivity contribution in [3.63, 3.8) is 0 Å². The van der Waals surface area contributed by atoms with Gasteiger partial charge in [-0.15, -0.1) is 0 Å². The number of aromatic hydroxyl groups is 1. The Hall–Kier alpha value is -8.27. The number of carboxylic acids is 1. The third-order valence-corrected chi connectivity index (χ3v) is 20.7. The third-order valence-electron chi connectivity index (χ3n) is 20.1. The van der Waals surface area contributed by atoms with Gasteiger partial charge < -0.3 is 86.7 Å². The lowest BCUT2D eigenvalue weighted by molar-refractivity contribution is -0.141. The number of hydrogen-bond donors (Lipinski definition) is 16. The van der Waals surface area contributed by atoms with Crippen LogP contribution in [0.3, 0.4) is 0 Å². The van der Waals surface area contributed by atoms with E-state index in [-0.39, 0.29) is 107 Å². The molecule has 0 saturated carbocycles. The number of carbonyl (C=O) groups is 15. The number of phenols is 1. The van der Waals surface area contributed by atoms with Crippen LogP contribution in [0.15, 0.2) is 29.3 Å². The van der Waals surface area contributed by atoms with E-state index >= 15 is 0 Å². The Bertz CT molecular complexity index is 3190. The average Bonchev–Trinajstić information content (AvgIpc) is 0.861. The number of carboxylic acid groups (broad SMARTS) is 1. The number of aliphatic imine (C=N–C) groups is 1. The molecule has 1 aromatic rings. The van der Waals surface area contributed by atoms with Crippen molar-refractivity contribution in [3.8, 4) is 5.75 Å². The number of amides is 8. The first-order chi connectivity index (χ1) is 54.1. The number of nitrogens with one attached hydrogen (secondary N) is 6. The van der Waals surface area contributed by atoms with Crippen LogP contribution < -0.4 is 66.3 Å². The smallest absolute Gasteiger partial charge is 0.305 e. The van der Waals surface area contributed by atoms with Crippen molar-refractivity contribution in [2.24, 2.45) is 80.8 Å². The highest BCUT2D eigenvalue weighted by atomic mass is 32.2. The van der Waals surface area contributed by atoms with E-state index in [0.717, 1.165) is 25.7 Å². The molecule has 0 unspecified atom stereocenters. The fraction of sp³-hybridized carbons (Fsp3) is 0.728. The molecule has 0 aliphatic carbocycles. The van der Waals surface area contributed by atoms with Crippen LogP contribution in [-0.4, -0.2) is 195 Å². The van der Waals surface area contributed by atoms with Gasteiger partial charge in [0.25, 0.3) is 0 Å². The lowest BCUT2D eigenvalue weighted by Crippen LogP contribution is -2.51. The second-order valence-corrected chi connectivity index (χ2v) is 31.7. The molecule has 32 nitrogen and oxygen atoms in total. The van der Waals surface area contributed by atoms with Crippen LogP contribution in [0.4, 0.5) is 0 Å². The zero-order chi connectivity index (χ0) is 85.7. The number of Topliss-reactive ketones (excluding diaryl/α,β-unsaturated/α-hetero) is 6. The number of phenolic OH excluding ortho intramolecular Hbond substituents is 1. The van der Waals surface area contributed by atoms with E-state index in [9.17, 15) is 92.3 Å². The number of thioether (sulfide) groups is 1. The molecule has 12 atom stereocenters. The Morgan fingerprint density at radius 2 is 0.939 bits per heavy atom. The molecule has 0 aliphatic heterocycles. The second kappa shape index (κ2) is 60.3. The summed E-state index contributed by atoms with van der Waals surface area (Å²) in [6.07, 6.45) is 12.7. The summed E-state index contributed by atoms with van der Waals surface area (Å²) >= 11 is 1.29. The molecule has 0 spiro atoms. The number of unbranched alkanes of at least 4 members (excludes halogenated alkanes) is 14. The SMILES string of the molecule is CCCCCCCCCCCCCCCC(=O)C[C@@H](C)C(=O)NCC(=O)C[C@@H](Cc1ccc(O)cc1)C(=O)N[C@@H](CCC(N)=O)C(=O)C[C@@H](CCCCN)C(=O)N[C@@H](CCCCN)C(=O)C[C@@H](CC(C)C)C(=O)N[C@@H](CCCN=C(N)N)C(=O)C[C@@H](CO)C(=O)N[C@@H](CCSC)C(=O)C[C@H](C(=O)N[C@@H](CC(=O)O)C(N)=O)[C@@H](C)O. The van der Waals surface area contributed by atoms with Crippen LogP contribution in [0, 0.1) is 41.4 Å². The lowest BCUT2D eigenvalue weighted by atomic mass is 9.87. The van der Waals surface area contributed by atoms with Gasteiger partial charge in [0.15, 0.2) is 34.9 Å². The Morgan fingerprint density at radius 1 is 0.474 bits per heavy atom. The predicted octanol–water partition coefficient (Wildman–Crippen LogP) is 4.14. The Morgan fingerprint density at radius 3 is 1.43 bits per heavy atom. The van der Waals surface area contributed by atoms with Crippen molar-refractivity contribution < 1.29 is 92.3 Å². The predicted molar refractivity (Wildman–Crippen MR) is 436 cm³/mol. The van der Waals surface area contributed by atoms with Gasteiger partial charge in [0, 0.05) is 81.6 Å². The van der Waals surface area contributed by atoms with Gasteiger partial charge in [0.1, 0.15) is 17.6 Å². The number of guanidine groups is 1. The summed E-state index contributed by atoms with van der Waals surface area (Å²) in [6.45, 7) is 7.57. The van der Waals surface area contributed by atoms with Crippen LogP contribution in [0.25, 0.3) is 0 Å². The first-order valence-corrected chi connectivity index (χ1v) is 42.2. The summed E-state index contributed by atoms with van der Waals surface area (Å²) in [5.41, 5.74) is 34.3.